The van der Waals surface area contributed by atoms with E-state index >= 15 is 0 Å². The lowest BCUT2D eigenvalue weighted by molar-refractivity contribution is 0.969. The van der Waals surface area contributed by atoms with Crippen LogP contribution in [0, 0.1) is 0 Å². The normalized spacial score (nSPS) is 11.6. The average Bonchev–Trinajstić information content (AvgIpc) is 2.57. The number of rotatable bonds is 2. The molecule has 1 heterocycles. The van der Waals surface area contributed by atoms with Crippen molar-refractivity contribution in [2.75, 3.05) is 5.33 Å². The predicted molar refractivity (Wildman–Crippen MR) is 65.7 cm³/mol. The van der Waals surface area contributed by atoms with Crippen LogP contribution < -0.4 is 0 Å². The van der Waals surface area contributed by atoms with Gasteiger partial charge < -0.3 is 4.57 Å². The van der Waals surface area contributed by atoms with Gasteiger partial charge in [-0.15, -0.1) is 0 Å². The van der Waals surface area contributed by atoms with Crippen molar-refractivity contribution in [3.8, 4) is 0 Å². The zero-order valence-electron chi connectivity index (χ0n) is 8.07. The van der Waals surface area contributed by atoms with E-state index < -0.39 is 0 Å². The molecule has 0 bridgehead atoms. The van der Waals surface area contributed by atoms with Crippen molar-refractivity contribution in [2.45, 2.75) is 0 Å². The number of aromatic nitrogens is 1. The minimum atomic E-state index is 0.903. The molecule has 0 fully saturated rings. The number of aryl methyl sites for hydroxylation is 1. The van der Waals surface area contributed by atoms with Crippen LogP contribution in [-0.2, 0) is 7.05 Å². The van der Waals surface area contributed by atoms with Crippen LogP contribution in [0.2, 0.25) is 0 Å². The van der Waals surface area contributed by atoms with Gasteiger partial charge in [-0.25, -0.2) is 0 Å². The van der Waals surface area contributed by atoms with Crippen LogP contribution in [0.1, 0.15) is 5.56 Å². The molecule has 0 saturated heterocycles. The second-order valence-electron chi connectivity index (χ2n) is 3.30. The number of nitrogens with zero attached hydrogens (tertiary/aromatic N) is 1. The summed E-state index contributed by atoms with van der Waals surface area (Å²) in [5.74, 6) is 0. The smallest absolute Gasteiger partial charge is 0.0478 e. The van der Waals surface area contributed by atoms with E-state index in [-0.39, 0.29) is 0 Å². The molecular formula is C12H12BrN. The molecule has 2 rings (SSSR count). The molecule has 0 atom stereocenters. The van der Waals surface area contributed by atoms with Gasteiger partial charge in [0.05, 0.1) is 0 Å². The fourth-order valence-corrected chi connectivity index (χ4v) is 1.77. The monoisotopic (exact) mass is 249 g/mol. The first-order valence-electron chi connectivity index (χ1n) is 4.59. The molecule has 0 aliphatic carbocycles. The molecule has 0 amide bonds. The lowest BCUT2D eigenvalue weighted by Gasteiger charge is -1.97. The maximum Gasteiger partial charge on any atom is 0.0478 e. The van der Waals surface area contributed by atoms with Gasteiger partial charge in [0.2, 0.25) is 0 Å². The molecule has 14 heavy (non-hydrogen) atoms. The Hall–Kier alpha value is -1.02. The Kier molecular flexibility index (Phi) is 2.73. The number of hydrogen-bond acceptors (Lipinski definition) is 0. The molecule has 2 heteroatoms. The Labute approximate surface area is 92.2 Å². The summed E-state index contributed by atoms with van der Waals surface area (Å²) in [5, 5.41) is 2.20. The molecule has 1 nitrogen and oxygen atoms in total. The van der Waals surface area contributed by atoms with E-state index in [4.69, 9.17) is 0 Å². The number of fused-ring (bicyclic) bond motifs is 1. The van der Waals surface area contributed by atoms with E-state index in [0.29, 0.717) is 0 Å². The van der Waals surface area contributed by atoms with Gasteiger partial charge in [-0.2, -0.15) is 0 Å². The number of benzene rings is 1. The van der Waals surface area contributed by atoms with E-state index in [1.807, 2.05) is 0 Å². The molecule has 72 valence electrons. The molecule has 0 N–H and O–H groups in total. The topological polar surface area (TPSA) is 4.93 Å². The summed E-state index contributed by atoms with van der Waals surface area (Å²) >= 11 is 3.37. The van der Waals surface area contributed by atoms with Gasteiger partial charge in [0, 0.05) is 29.5 Å². The number of allylic oxidation sites excluding steroid dienone is 1. The molecule has 1 aromatic carbocycles. The van der Waals surface area contributed by atoms with Gasteiger partial charge in [-0.05, 0) is 23.8 Å². The summed E-state index contributed by atoms with van der Waals surface area (Å²) in [7, 11) is 2.07. The van der Waals surface area contributed by atoms with Gasteiger partial charge in [-0.1, -0.05) is 34.1 Å². The zero-order valence-corrected chi connectivity index (χ0v) is 9.66. The fraction of sp³-hybridized carbons (Fsp3) is 0.167. The Morgan fingerprint density at radius 3 is 3.00 bits per heavy atom. The van der Waals surface area contributed by atoms with Crippen molar-refractivity contribution in [1.82, 2.24) is 4.57 Å². The zero-order chi connectivity index (χ0) is 9.97. The van der Waals surface area contributed by atoms with Gasteiger partial charge >= 0.3 is 0 Å². The molecule has 0 radical (unpaired) electrons. The predicted octanol–water partition coefficient (Wildman–Crippen LogP) is 3.59. The summed E-state index contributed by atoms with van der Waals surface area (Å²) in [4.78, 5) is 0. The Morgan fingerprint density at radius 2 is 2.21 bits per heavy atom. The summed E-state index contributed by atoms with van der Waals surface area (Å²) in [6.45, 7) is 0. The molecule has 0 aliphatic heterocycles. The van der Waals surface area contributed by atoms with Crippen LogP contribution >= 0.6 is 15.9 Å². The third kappa shape index (κ3) is 1.75. The van der Waals surface area contributed by atoms with E-state index in [2.05, 4.69) is 70.2 Å². The molecular weight excluding hydrogens is 238 g/mol. The second-order valence-corrected chi connectivity index (χ2v) is 3.95. The largest absolute Gasteiger partial charge is 0.351 e. The number of hydrogen-bond donors (Lipinski definition) is 0. The Bertz CT molecular complexity index is 468. The molecule has 0 spiro atoms. The van der Waals surface area contributed by atoms with Crippen LogP contribution in [-0.4, -0.2) is 9.90 Å². The standard InChI is InChI=1S/C12H12BrN/c1-14-8-6-11-9-10(3-2-7-13)4-5-12(11)14/h2-6,8-9H,7H2,1H3. The van der Waals surface area contributed by atoms with Crippen molar-refractivity contribution in [3.63, 3.8) is 0 Å². The minimum Gasteiger partial charge on any atom is -0.351 e. The second kappa shape index (κ2) is 4.01. The highest BCUT2D eigenvalue weighted by molar-refractivity contribution is 9.09. The highest BCUT2D eigenvalue weighted by Gasteiger charge is 1.96. The summed E-state index contributed by atoms with van der Waals surface area (Å²) in [6.07, 6.45) is 6.31. The minimum absolute atomic E-state index is 0.903. The quantitative estimate of drug-likeness (QED) is 0.718. The third-order valence-electron chi connectivity index (χ3n) is 2.31. The van der Waals surface area contributed by atoms with Crippen molar-refractivity contribution in [1.29, 1.82) is 0 Å². The third-order valence-corrected chi connectivity index (χ3v) is 2.68. The van der Waals surface area contributed by atoms with E-state index in [9.17, 15) is 0 Å². The molecule has 1 aromatic heterocycles. The van der Waals surface area contributed by atoms with Crippen LogP contribution in [0.25, 0.3) is 17.0 Å². The summed E-state index contributed by atoms with van der Waals surface area (Å²) in [5.41, 5.74) is 2.53. The first-order chi connectivity index (χ1) is 6.81. The Balaban J connectivity index is 2.47. The van der Waals surface area contributed by atoms with E-state index in [1.54, 1.807) is 0 Å². The highest BCUT2D eigenvalue weighted by atomic mass is 79.9. The van der Waals surface area contributed by atoms with Gasteiger partial charge in [0.1, 0.15) is 0 Å². The molecule has 0 saturated carbocycles. The van der Waals surface area contributed by atoms with Crippen molar-refractivity contribution < 1.29 is 0 Å². The van der Waals surface area contributed by atoms with Crippen LogP contribution in [0.5, 0.6) is 0 Å². The van der Waals surface area contributed by atoms with Gasteiger partial charge in [-0.3, -0.25) is 0 Å². The maximum absolute atomic E-state index is 3.37. The van der Waals surface area contributed by atoms with E-state index in [1.165, 1.54) is 16.5 Å². The SMILES string of the molecule is Cn1ccc2cc(C=CCBr)ccc21. The molecule has 0 unspecified atom stereocenters. The van der Waals surface area contributed by atoms with Crippen LogP contribution in [0.15, 0.2) is 36.5 Å². The lowest BCUT2D eigenvalue weighted by Crippen LogP contribution is -1.83. The first kappa shape index (κ1) is 9.53. The maximum atomic E-state index is 3.37. The molecule has 0 aliphatic rings. The molecule has 2 aromatic rings. The van der Waals surface area contributed by atoms with Crippen LogP contribution in [0.4, 0.5) is 0 Å². The van der Waals surface area contributed by atoms with Crippen molar-refractivity contribution >= 4 is 32.9 Å². The summed E-state index contributed by atoms with van der Waals surface area (Å²) < 4.78 is 2.13. The van der Waals surface area contributed by atoms with Crippen LogP contribution in [0.3, 0.4) is 0 Å². The first-order valence-corrected chi connectivity index (χ1v) is 5.71. The van der Waals surface area contributed by atoms with Gasteiger partial charge in [0.15, 0.2) is 0 Å². The summed E-state index contributed by atoms with van der Waals surface area (Å²) in [6, 6.07) is 8.64. The highest BCUT2D eigenvalue weighted by Crippen LogP contribution is 2.17. The van der Waals surface area contributed by atoms with E-state index in [0.717, 1.165) is 5.33 Å². The lowest BCUT2D eigenvalue weighted by atomic mass is 10.1. The Morgan fingerprint density at radius 1 is 1.36 bits per heavy atom. The average molecular weight is 250 g/mol. The van der Waals surface area contributed by atoms with Gasteiger partial charge in [0.25, 0.3) is 0 Å². The fourth-order valence-electron chi connectivity index (χ4n) is 1.58. The van der Waals surface area contributed by atoms with Crippen molar-refractivity contribution in [2.24, 2.45) is 7.05 Å². The number of halogens is 1. The van der Waals surface area contributed by atoms with Crippen molar-refractivity contribution in [3.05, 3.63) is 42.1 Å². The number of alkyl halides is 1.